The number of hydrogen-bond acceptors (Lipinski definition) is 2. The van der Waals surface area contributed by atoms with Crippen molar-refractivity contribution in [3.8, 4) is 0 Å². The van der Waals surface area contributed by atoms with E-state index in [4.69, 9.17) is 10.5 Å². The second-order valence-corrected chi connectivity index (χ2v) is 3.45. The minimum Gasteiger partial charge on any atom is -0.381 e. The van der Waals surface area contributed by atoms with Gasteiger partial charge in [-0.25, -0.2) is 0 Å². The highest BCUT2D eigenvalue weighted by Gasteiger charge is 2.25. The molecule has 0 bridgehead atoms. The molecule has 5 heteroatoms. The second kappa shape index (κ2) is 7.06. The molecule has 0 rings (SSSR count). The molecule has 0 heterocycles. The zero-order chi connectivity index (χ0) is 11.0. The summed E-state index contributed by atoms with van der Waals surface area (Å²) in [6.07, 6.45) is -3.12. The zero-order valence-corrected chi connectivity index (χ0v) is 8.44. The van der Waals surface area contributed by atoms with Crippen LogP contribution in [0.1, 0.15) is 32.6 Å². The van der Waals surface area contributed by atoms with E-state index in [0.29, 0.717) is 6.61 Å². The Balaban J connectivity index is 3.07. The highest BCUT2D eigenvalue weighted by molar-refractivity contribution is 4.52. The Morgan fingerprint density at radius 1 is 1.21 bits per heavy atom. The van der Waals surface area contributed by atoms with E-state index < -0.39 is 12.6 Å². The van der Waals surface area contributed by atoms with Crippen LogP contribution in [0.3, 0.4) is 0 Å². The van der Waals surface area contributed by atoms with E-state index in [1.54, 1.807) is 0 Å². The van der Waals surface area contributed by atoms with Crippen LogP contribution in [0.4, 0.5) is 13.2 Å². The normalized spacial score (nSPS) is 14.4. The van der Waals surface area contributed by atoms with Crippen molar-refractivity contribution in [2.24, 2.45) is 5.73 Å². The van der Waals surface area contributed by atoms with Crippen molar-refractivity contribution in [3.05, 3.63) is 0 Å². The van der Waals surface area contributed by atoms with E-state index in [9.17, 15) is 13.2 Å². The summed E-state index contributed by atoms with van der Waals surface area (Å²) in [5, 5.41) is 0. The van der Waals surface area contributed by atoms with Gasteiger partial charge in [-0.1, -0.05) is 0 Å². The van der Waals surface area contributed by atoms with Gasteiger partial charge in [-0.15, -0.1) is 0 Å². The van der Waals surface area contributed by atoms with Gasteiger partial charge in [0.25, 0.3) is 0 Å². The summed E-state index contributed by atoms with van der Waals surface area (Å²) in [7, 11) is 0. The number of rotatable bonds is 7. The summed E-state index contributed by atoms with van der Waals surface area (Å²) < 4.78 is 40.0. The van der Waals surface area contributed by atoms with Crippen molar-refractivity contribution in [2.75, 3.05) is 13.2 Å². The fourth-order valence-electron chi connectivity index (χ4n) is 0.984. The van der Waals surface area contributed by atoms with Crippen LogP contribution >= 0.6 is 0 Å². The lowest BCUT2D eigenvalue weighted by atomic mass is 10.2. The van der Waals surface area contributed by atoms with Crippen molar-refractivity contribution >= 4 is 0 Å². The lowest BCUT2D eigenvalue weighted by molar-refractivity contribution is -0.137. The maximum absolute atomic E-state index is 11.7. The molecule has 0 saturated carbocycles. The topological polar surface area (TPSA) is 35.2 Å². The molecule has 0 aromatic carbocycles. The first kappa shape index (κ1) is 13.7. The molecule has 1 unspecified atom stereocenters. The third-order valence-corrected chi connectivity index (χ3v) is 1.70. The van der Waals surface area contributed by atoms with Gasteiger partial charge in [-0.2, -0.15) is 13.2 Å². The molecule has 0 aromatic rings. The summed E-state index contributed by atoms with van der Waals surface area (Å²) in [5.41, 5.74) is 5.49. The number of alkyl halides is 3. The average Bonchev–Trinajstić information content (AvgIpc) is 2.00. The highest BCUT2D eigenvalue weighted by Crippen LogP contribution is 2.20. The Kier molecular flexibility index (Phi) is 6.92. The van der Waals surface area contributed by atoms with Crippen molar-refractivity contribution in [3.63, 3.8) is 0 Å². The Morgan fingerprint density at radius 3 is 2.29 bits per heavy atom. The molecule has 0 aliphatic carbocycles. The molecular weight excluding hydrogens is 195 g/mol. The zero-order valence-electron chi connectivity index (χ0n) is 8.44. The Labute approximate surface area is 82.6 Å². The van der Waals surface area contributed by atoms with Gasteiger partial charge in [-0.05, 0) is 26.2 Å². The molecule has 0 aliphatic rings. The summed E-state index contributed by atoms with van der Waals surface area (Å²) in [5.74, 6) is 0. The largest absolute Gasteiger partial charge is 0.389 e. The fourth-order valence-corrected chi connectivity index (χ4v) is 0.984. The van der Waals surface area contributed by atoms with Crippen LogP contribution in [0, 0.1) is 0 Å². The Bertz CT molecular complexity index is 137. The van der Waals surface area contributed by atoms with Gasteiger partial charge in [0.2, 0.25) is 0 Å². The van der Waals surface area contributed by atoms with Crippen molar-refractivity contribution in [1.82, 2.24) is 0 Å². The molecule has 1 atom stereocenters. The van der Waals surface area contributed by atoms with Crippen LogP contribution in [0.15, 0.2) is 0 Å². The predicted octanol–water partition coefficient (Wildman–Crippen LogP) is 2.47. The monoisotopic (exact) mass is 213 g/mol. The molecule has 14 heavy (non-hydrogen) atoms. The van der Waals surface area contributed by atoms with E-state index >= 15 is 0 Å². The summed E-state index contributed by atoms with van der Waals surface area (Å²) >= 11 is 0. The second-order valence-electron chi connectivity index (χ2n) is 3.45. The highest BCUT2D eigenvalue weighted by atomic mass is 19.4. The third-order valence-electron chi connectivity index (χ3n) is 1.70. The van der Waals surface area contributed by atoms with Crippen molar-refractivity contribution < 1.29 is 17.9 Å². The maximum Gasteiger partial charge on any atom is 0.389 e. The molecule has 0 aromatic heterocycles. The SMILES string of the molecule is CC(N)CCCOCCCC(F)(F)F. The first-order valence-corrected chi connectivity index (χ1v) is 4.82. The average molecular weight is 213 g/mol. The molecule has 2 N–H and O–H groups in total. The molecule has 0 spiro atoms. The number of halogens is 3. The molecule has 0 amide bonds. The molecule has 0 radical (unpaired) electrons. The first-order valence-electron chi connectivity index (χ1n) is 4.82. The smallest absolute Gasteiger partial charge is 0.381 e. The lowest BCUT2D eigenvalue weighted by Crippen LogP contribution is -2.15. The fraction of sp³-hybridized carbons (Fsp3) is 1.00. The standard InChI is InChI=1S/C9H18F3NO/c1-8(13)4-2-6-14-7-3-5-9(10,11)12/h8H,2-7,13H2,1H3. The predicted molar refractivity (Wildman–Crippen MR) is 49.0 cm³/mol. The quantitative estimate of drug-likeness (QED) is 0.659. The molecule has 0 saturated heterocycles. The van der Waals surface area contributed by atoms with Crippen LogP contribution in [-0.2, 0) is 4.74 Å². The van der Waals surface area contributed by atoms with Crippen molar-refractivity contribution in [1.29, 1.82) is 0 Å². The maximum atomic E-state index is 11.7. The minimum absolute atomic E-state index is 0.0433. The molecular formula is C9H18F3NO. The summed E-state index contributed by atoms with van der Waals surface area (Å²) in [6, 6.07) is 0.133. The van der Waals surface area contributed by atoms with E-state index in [2.05, 4.69) is 0 Å². The van der Waals surface area contributed by atoms with Gasteiger partial charge in [-0.3, -0.25) is 0 Å². The van der Waals surface area contributed by atoms with Crippen LogP contribution < -0.4 is 5.73 Å². The van der Waals surface area contributed by atoms with Crippen LogP contribution in [0.2, 0.25) is 0 Å². The Morgan fingerprint density at radius 2 is 1.79 bits per heavy atom. The molecule has 2 nitrogen and oxygen atoms in total. The van der Waals surface area contributed by atoms with Gasteiger partial charge in [0.05, 0.1) is 0 Å². The molecule has 0 aliphatic heterocycles. The third kappa shape index (κ3) is 11.7. The first-order chi connectivity index (χ1) is 6.42. The van der Waals surface area contributed by atoms with Gasteiger partial charge in [0.1, 0.15) is 0 Å². The van der Waals surface area contributed by atoms with Crippen LogP contribution in [0.25, 0.3) is 0 Å². The lowest BCUT2D eigenvalue weighted by Gasteiger charge is -2.07. The van der Waals surface area contributed by atoms with Crippen LogP contribution in [-0.4, -0.2) is 25.4 Å². The number of ether oxygens (including phenoxy) is 1. The van der Waals surface area contributed by atoms with Gasteiger partial charge >= 0.3 is 6.18 Å². The van der Waals surface area contributed by atoms with Crippen molar-refractivity contribution in [2.45, 2.75) is 44.8 Å². The van der Waals surface area contributed by atoms with Gasteiger partial charge in [0, 0.05) is 25.7 Å². The van der Waals surface area contributed by atoms with E-state index in [0.717, 1.165) is 12.8 Å². The molecule has 0 fully saturated rings. The van der Waals surface area contributed by atoms with Gasteiger partial charge < -0.3 is 10.5 Å². The summed E-state index contributed by atoms with van der Waals surface area (Å²) in [6.45, 7) is 2.57. The van der Waals surface area contributed by atoms with E-state index in [-0.39, 0.29) is 19.1 Å². The van der Waals surface area contributed by atoms with E-state index in [1.165, 1.54) is 0 Å². The van der Waals surface area contributed by atoms with E-state index in [1.807, 2.05) is 6.92 Å². The summed E-state index contributed by atoms with van der Waals surface area (Å²) in [4.78, 5) is 0. The number of nitrogens with two attached hydrogens (primary N) is 1. The minimum atomic E-state index is -4.06. The van der Waals surface area contributed by atoms with Crippen LogP contribution in [0.5, 0.6) is 0 Å². The number of hydrogen-bond donors (Lipinski definition) is 1. The molecule has 86 valence electrons. The van der Waals surface area contributed by atoms with Gasteiger partial charge in [0.15, 0.2) is 0 Å². The Hall–Kier alpha value is -0.290.